The molecule has 2 aromatic rings. The smallest absolute Gasteiger partial charge is 0.316 e. The molecule has 134 valence electrons. The summed E-state index contributed by atoms with van der Waals surface area (Å²) in [5, 5.41) is 0.420. The molecule has 0 aliphatic carbocycles. The molecule has 1 aromatic carbocycles. The molecule has 1 saturated heterocycles. The van der Waals surface area contributed by atoms with Gasteiger partial charge in [-0.1, -0.05) is 37.7 Å². The van der Waals surface area contributed by atoms with Crippen LogP contribution < -0.4 is 0 Å². The van der Waals surface area contributed by atoms with E-state index in [0.29, 0.717) is 22.6 Å². The number of hydrogen-bond donors (Lipinski definition) is 0. The Kier molecular flexibility index (Phi) is 5.63. The van der Waals surface area contributed by atoms with E-state index < -0.39 is 5.97 Å². The highest BCUT2D eigenvalue weighted by atomic mass is 32.2. The van der Waals surface area contributed by atoms with E-state index in [9.17, 15) is 9.59 Å². The number of thioether (sulfide) groups is 1. The predicted octanol–water partition coefficient (Wildman–Crippen LogP) is 2.97. The van der Waals surface area contributed by atoms with E-state index in [4.69, 9.17) is 9.15 Å². The zero-order valence-corrected chi connectivity index (χ0v) is 15.3. The summed E-state index contributed by atoms with van der Waals surface area (Å²) in [6, 6.07) is 7.41. The van der Waals surface area contributed by atoms with Crippen LogP contribution in [0, 0.1) is 11.8 Å². The van der Waals surface area contributed by atoms with Crippen LogP contribution in [0.1, 0.15) is 20.3 Å². The van der Waals surface area contributed by atoms with Crippen molar-refractivity contribution in [2.45, 2.75) is 25.5 Å². The van der Waals surface area contributed by atoms with Gasteiger partial charge < -0.3 is 14.1 Å². The molecular formula is C18H22N2O4S. The molecule has 0 radical (unpaired) electrons. The maximum Gasteiger partial charge on any atom is 0.316 e. The first-order valence-corrected chi connectivity index (χ1v) is 9.41. The minimum absolute atomic E-state index is 0.0624. The standard InChI is InChI=1S/C18H22N2O4S/c1-12-7-13(2)9-20(8-12)16(21)10-23-17(22)11-25-18-19-14-5-3-4-6-15(14)24-18/h3-6,12-13H,7-11H2,1-2H3/t12-,13+. The molecule has 7 heteroatoms. The Morgan fingerprint density at radius 2 is 2.00 bits per heavy atom. The van der Waals surface area contributed by atoms with E-state index in [1.54, 1.807) is 4.90 Å². The van der Waals surface area contributed by atoms with Crippen LogP contribution in [0.15, 0.2) is 33.9 Å². The number of rotatable bonds is 5. The second-order valence-electron chi connectivity index (χ2n) is 6.64. The number of likely N-dealkylation sites (tertiary alicyclic amines) is 1. The maximum atomic E-state index is 12.2. The number of carbonyl (C=O) groups is 2. The van der Waals surface area contributed by atoms with Gasteiger partial charge in [-0.15, -0.1) is 0 Å². The first-order chi connectivity index (χ1) is 12.0. The Labute approximate surface area is 150 Å². The van der Waals surface area contributed by atoms with Gasteiger partial charge in [0.2, 0.25) is 0 Å². The van der Waals surface area contributed by atoms with Gasteiger partial charge in [0.05, 0.1) is 0 Å². The second kappa shape index (κ2) is 7.91. The van der Waals surface area contributed by atoms with Gasteiger partial charge in [0, 0.05) is 13.1 Å². The molecule has 1 fully saturated rings. The van der Waals surface area contributed by atoms with Crippen molar-refractivity contribution in [1.29, 1.82) is 0 Å². The van der Waals surface area contributed by atoms with E-state index in [1.807, 2.05) is 24.3 Å². The number of para-hydroxylation sites is 2. The zero-order chi connectivity index (χ0) is 17.8. The maximum absolute atomic E-state index is 12.2. The van der Waals surface area contributed by atoms with E-state index in [1.165, 1.54) is 11.8 Å². The largest absolute Gasteiger partial charge is 0.455 e. The molecule has 0 N–H and O–H groups in total. The van der Waals surface area contributed by atoms with Crippen molar-refractivity contribution in [2.75, 3.05) is 25.4 Å². The van der Waals surface area contributed by atoms with E-state index in [-0.39, 0.29) is 18.3 Å². The first-order valence-electron chi connectivity index (χ1n) is 8.43. The number of oxazole rings is 1. The Morgan fingerprint density at radius 3 is 2.72 bits per heavy atom. The van der Waals surface area contributed by atoms with Crippen LogP contribution in [0.3, 0.4) is 0 Å². The van der Waals surface area contributed by atoms with Crippen LogP contribution in [0.5, 0.6) is 0 Å². The third-order valence-corrected chi connectivity index (χ3v) is 4.97. The molecule has 2 heterocycles. The molecule has 0 spiro atoms. The highest BCUT2D eigenvalue weighted by Crippen LogP contribution is 2.23. The molecular weight excluding hydrogens is 340 g/mol. The highest BCUT2D eigenvalue weighted by Gasteiger charge is 2.25. The molecule has 25 heavy (non-hydrogen) atoms. The van der Waals surface area contributed by atoms with Gasteiger partial charge in [-0.25, -0.2) is 4.98 Å². The van der Waals surface area contributed by atoms with Crippen molar-refractivity contribution in [3.8, 4) is 0 Å². The van der Waals surface area contributed by atoms with Gasteiger partial charge in [-0.2, -0.15) is 0 Å². The van der Waals surface area contributed by atoms with Crippen molar-refractivity contribution in [2.24, 2.45) is 11.8 Å². The van der Waals surface area contributed by atoms with Gasteiger partial charge in [0.1, 0.15) is 11.3 Å². The van der Waals surface area contributed by atoms with Crippen molar-refractivity contribution >= 4 is 34.7 Å². The number of ether oxygens (including phenoxy) is 1. The monoisotopic (exact) mass is 362 g/mol. The lowest BCUT2D eigenvalue weighted by Gasteiger charge is -2.34. The molecule has 1 amide bonds. The Bertz CT molecular complexity index is 717. The van der Waals surface area contributed by atoms with E-state index in [0.717, 1.165) is 25.0 Å². The van der Waals surface area contributed by atoms with Crippen molar-refractivity contribution in [1.82, 2.24) is 9.88 Å². The fourth-order valence-electron chi connectivity index (χ4n) is 3.18. The summed E-state index contributed by atoms with van der Waals surface area (Å²) >= 11 is 1.17. The van der Waals surface area contributed by atoms with E-state index >= 15 is 0 Å². The summed E-state index contributed by atoms with van der Waals surface area (Å²) in [6.07, 6.45) is 1.13. The molecule has 3 rings (SSSR count). The average molecular weight is 362 g/mol. The fourth-order valence-corrected chi connectivity index (χ4v) is 3.81. The number of fused-ring (bicyclic) bond motifs is 1. The topological polar surface area (TPSA) is 72.6 Å². The number of aromatic nitrogens is 1. The Hall–Kier alpha value is -2.02. The summed E-state index contributed by atoms with van der Waals surface area (Å²) in [7, 11) is 0. The zero-order valence-electron chi connectivity index (χ0n) is 14.4. The Morgan fingerprint density at radius 1 is 1.28 bits per heavy atom. The number of benzene rings is 1. The normalized spacial score (nSPS) is 20.6. The van der Waals surface area contributed by atoms with E-state index in [2.05, 4.69) is 18.8 Å². The SMILES string of the molecule is C[C@@H]1C[C@H](C)CN(C(=O)COC(=O)CSc2nc3ccccc3o2)C1. The fraction of sp³-hybridized carbons (Fsp3) is 0.500. The number of nitrogens with zero attached hydrogens (tertiary/aromatic N) is 2. The average Bonchev–Trinajstić information content (AvgIpc) is 3.00. The minimum atomic E-state index is -0.446. The highest BCUT2D eigenvalue weighted by molar-refractivity contribution is 7.99. The summed E-state index contributed by atoms with van der Waals surface area (Å²) < 4.78 is 10.6. The second-order valence-corrected chi connectivity index (χ2v) is 7.57. The lowest BCUT2D eigenvalue weighted by Crippen LogP contribution is -2.44. The molecule has 0 unspecified atom stereocenters. The molecule has 0 bridgehead atoms. The number of esters is 1. The van der Waals surface area contributed by atoms with Crippen molar-refractivity contribution in [3.05, 3.63) is 24.3 Å². The van der Waals surface area contributed by atoms with Crippen molar-refractivity contribution < 1.29 is 18.7 Å². The third-order valence-electron chi connectivity index (χ3n) is 4.17. The van der Waals surface area contributed by atoms with Crippen LogP contribution in [0.25, 0.3) is 11.1 Å². The molecule has 1 aliphatic rings. The molecule has 6 nitrogen and oxygen atoms in total. The van der Waals surface area contributed by atoms with Crippen LogP contribution in [0.4, 0.5) is 0 Å². The summed E-state index contributed by atoms with van der Waals surface area (Å²) in [4.78, 5) is 30.1. The molecule has 0 saturated carbocycles. The van der Waals surface area contributed by atoms with Crippen LogP contribution in [-0.2, 0) is 14.3 Å². The van der Waals surface area contributed by atoms with Gasteiger partial charge >= 0.3 is 5.97 Å². The molecule has 1 aromatic heterocycles. The van der Waals surface area contributed by atoms with Gasteiger partial charge in [0.15, 0.2) is 12.2 Å². The summed E-state index contributed by atoms with van der Waals surface area (Å²) in [5.74, 6) is 0.459. The van der Waals surface area contributed by atoms with Crippen molar-refractivity contribution in [3.63, 3.8) is 0 Å². The Balaban J connectivity index is 1.44. The molecule has 2 atom stereocenters. The van der Waals surface area contributed by atoms with Gasteiger partial charge in [-0.3, -0.25) is 9.59 Å². The lowest BCUT2D eigenvalue weighted by atomic mass is 9.92. The van der Waals surface area contributed by atoms with Crippen LogP contribution in [0.2, 0.25) is 0 Å². The number of amides is 1. The van der Waals surface area contributed by atoms with Gasteiger partial charge in [-0.05, 0) is 30.4 Å². The number of piperidine rings is 1. The third kappa shape index (κ3) is 4.75. The van der Waals surface area contributed by atoms with Crippen LogP contribution in [-0.4, -0.2) is 47.2 Å². The predicted molar refractivity (Wildman–Crippen MR) is 95.2 cm³/mol. The summed E-state index contributed by atoms with van der Waals surface area (Å²) in [5.41, 5.74) is 1.43. The van der Waals surface area contributed by atoms with Gasteiger partial charge in [0.25, 0.3) is 11.1 Å². The number of carbonyl (C=O) groups excluding carboxylic acids is 2. The minimum Gasteiger partial charge on any atom is -0.455 e. The molecule has 1 aliphatic heterocycles. The number of hydrogen-bond acceptors (Lipinski definition) is 6. The summed E-state index contributed by atoms with van der Waals surface area (Å²) in [6.45, 7) is 5.54. The quantitative estimate of drug-likeness (QED) is 0.601. The first kappa shape index (κ1) is 17.8. The lowest BCUT2D eigenvalue weighted by molar-refractivity contribution is -0.151. The van der Waals surface area contributed by atoms with Crippen LogP contribution >= 0.6 is 11.8 Å².